The molecule has 3 nitrogen and oxygen atoms in total. The summed E-state index contributed by atoms with van der Waals surface area (Å²) in [6, 6.07) is 35.3. The highest BCUT2D eigenvalue weighted by Gasteiger charge is 2.10. The summed E-state index contributed by atoms with van der Waals surface area (Å²) in [5.41, 5.74) is 6.22. The van der Waals surface area contributed by atoms with Crippen molar-refractivity contribution in [2.24, 2.45) is 0 Å². The lowest BCUT2D eigenvalue weighted by molar-refractivity contribution is 0.415. The molecule has 0 aliphatic rings. The molecule has 0 aliphatic heterocycles. The lowest BCUT2D eigenvalue weighted by Gasteiger charge is -2.12. The molecule has 4 aromatic carbocycles. The molecule has 0 spiro atoms. The van der Waals surface area contributed by atoms with Gasteiger partial charge in [0.15, 0.2) is 0 Å². The molecular formula is C29H23NO2. The molecule has 0 bridgehead atoms. The van der Waals surface area contributed by atoms with E-state index >= 15 is 0 Å². The van der Waals surface area contributed by atoms with E-state index in [9.17, 15) is 0 Å². The molecule has 32 heavy (non-hydrogen) atoms. The third-order valence-electron chi connectivity index (χ3n) is 5.68. The van der Waals surface area contributed by atoms with E-state index in [1.54, 1.807) is 14.2 Å². The number of aromatic nitrogens is 1. The monoisotopic (exact) mass is 417 g/mol. The Labute approximate surface area is 187 Å². The number of benzene rings is 4. The number of pyridine rings is 1. The number of fused-ring (bicyclic) bond motifs is 1. The van der Waals surface area contributed by atoms with E-state index in [0.29, 0.717) is 0 Å². The molecule has 0 fully saturated rings. The van der Waals surface area contributed by atoms with Crippen LogP contribution in [0.4, 0.5) is 0 Å². The van der Waals surface area contributed by atoms with Crippen LogP contribution in [0, 0.1) is 0 Å². The van der Waals surface area contributed by atoms with Gasteiger partial charge < -0.3 is 9.47 Å². The van der Waals surface area contributed by atoms with Crippen LogP contribution in [-0.4, -0.2) is 19.2 Å². The topological polar surface area (TPSA) is 31.4 Å². The first-order valence-electron chi connectivity index (χ1n) is 10.5. The van der Waals surface area contributed by atoms with E-state index in [1.807, 2.05) is 36.4 Å². The van der Waals surface area contributed by atoms with Crippen LogP contribution in [0.3, 0.4) is 0 Å². The Morgan fingerprint density at radius 2 is 1.00 bits per heavy atom. The predicted molar refractivity (Wildman–Crippen MR) is 131 cm³/mol. The van der Waals surface area contributed by atoms with Gasteiger partial charge in [0.2, 0.25) is 0 Å². The lowest BCUT2D eigenvalue weighted by Crippen LogP contribution is -1.92. The van der Waals surface area contributed by atoms with Gasteiger partial charge in [0, 0.05) is 11.1 Å². The minimum absolute atomic E-state index is 0.829. The quantitative estimate of drug-likeness (QED) is 0.302. The molecule has 0 atom stereocenters. The van der Waals surface area contributed by atoms with E-state index in [0.717, 1.165) is 45.1 Å². The second-order valence-electron chi connectivity index (χ2n) is 7.65. The van der Waals surface area contributed by atoms with Gasteiger partial charge in [-0.3, -0.25) is 0 Å². The van der Waals surface area contributed by atoms with Crippen molar-refractivity contribution in [3.63, 3.8) is 0 Å². The summed E-state index contributed by atoms with van der Waals surface area (Å²) < 4.78 is 10.7. The molecule has 5 rings (SSSR count). The van der Waals surface area contributed by atoms with Crippen molar-refractivity contribution in [3.05, 3.63) is 103 Å². The average molecular weight is 418 g/mol. The van der Waals surface area contributed by atoms with Gasteiger partial charge >= 0.3 is 0 Å². The van der Waals surface area contributed by atoms with Gasteiger partial charge in [-0.25, -0.2) is 4.98 Å². The maximum Gasteiger partial charge on any atom is 0.118 e. The van der Waals surface area contributed by atoms with Crippen LogP contribution in [0.1, 0.15) is 0 Å². The summed E-state index contributed by atoms with van der Waals surface area (Å²) >= 11 is 0. The van der Waals surface area contributed by atoms with E-state index in [-0.39, 0.29) is 0 Å². The van der Waals surface area contributed by atoms with Crippen LogP contribution < -0.4 is 9.47 Å². The van der Waals surface area contributed by atoms with Crippen LogP contribution in [0.2, 0.25) is 0 Å². The molecule has 0 saturated heterocycles. The molecule has 1 aromatic heterocycles. The molecule has 1 heterocycles. The molecular weight excluding hydrogens is 394 g/mol. The number of methoxy groups -OCH3 is 2. The van der Waals surface area contributed by atoms with Crippen molar-refractivity contribution in [2.75, 3.05) is 14.2 Å². The van der Waals surface area contributed by atoms with Crippen LogP contribution in [0.5, 0.6) is 11.5 Å². The zero-order chi connectivity index (χ0) is 21.9. The van der Waals surface area contributed by atoms with Crippen LogP contribution in [0.15, 0.2) is 103 Å². The Morgan fingerprint density at radius 1 is 0.469 bits per heavy atom. The minimum Gasteiger partial charge on any atom is -0.497 e. The molecule has 0 unspecified atom stereocenters. The van der Waals surface area contributed by atoms with Gasteiger partial charge in [-0.15, -0.1) is 0 Å². The Balaban J connectivity index is 1.66. The van der Waals surface area contributed by atoms with Gasteiger partial charge in [-0.05, 0) is 76.5 Å². The van der Waals surface area contributed by atoms with Crippen LogP contribution >= 0.6 is 0 Å². The SMILES string of the molecule is COc1ccc(-c2cc(-c3ccc(OC)cc3)nc(-c3ccc4ccccc4c3)c2)cc1. The van der Waals surface area contributed by atoms with Crippen molar-refractivity contribution in [2.45, 2.75) is 0 Å². The Bertz CT molecular complexity index is 1310. The van der Waals surface area contributed by atoms with Gasteiger partial charge in [-0.2, -0.15) is 0 Å². The summed E-state index contributed by atoms with van der Waals surface area (Å²) in [6.07, 6.45) is 0. The van der Waals surface area contributed by atoms with Crippen molar-refractivity contribution < 1.29 is 9.47 Å². The Morgan fingerprint density at radius 3 is 1.62 bits per heavy atom. The number of rotatable bonds is 5. The van der Waals surface area contributed by atoms with Crippen molar-refractivity contribution in [1.82, 2.24) is 4.98 Å². The summed E-state index contributed by atoms with van der Waals surface area (Å²) in [5.74, 6) is 1.67. The Hall–Kier alpha value is -4.11. The predicted octanol–water partition coefficient (Wildman–Crippen LogP) is 7.25. The van der Waals surface area contributed by atoms with E-state index < -0.39 is 0 Å². The van der Waals surface area contributed by atoms with Crippen molar-refractivity contribution in [3.8, 4) is 45.1 Å². The third kappa shape index (κ3) is 3.93. The largest absolute Gasteiger partial charge is 0.497 e. The number of hydrogen-bond acceptors (Lipinski definition) is 3. The first-order valence-corrected chi connectivity index (χ1v) is 10.5. The summed E-state index contributed by atoms with van der Waals surface area (Å²) in [5, 5.41) is 2.42. The van der Waals surface area contributed by atoms with E-state index in [1.165, 1.54) is 10.8 Å². The fourth-order valence-electron chi connectivity index (χ4n) is 3.89. The fourth-order valence-corrected chi connectivity index (χ4v) is 3.89. The zero-order valence-electron chi connectivity index (χ0n) is 18.1. The maximum atomic E-state index is 5.33. The molecule has 5 aromatic rings. The number of ether oxygens (including phenoxy) is 2. The molecule has 0 amide bonds. The van der Waals surface area contributed by atoms with Gasteiger partial charge in [0.05, 0.1) is 25.6 Å². The maximum absolute atomic E-state index is 5.33. The molecule has 0 N–H and O–H groups in total. The summed E-state index contributed by atoms with van der Waals surface area (Å²) in [7, 11) is 3.36. The third-order valence-corrected chi connectivity index (χ3v) is 5.68. The summed E-state index contributed by atoms with van der Waals surface area (Å²) in [6.45, 7) is 0. The highest BCUT2D eigenvalue weighted by Crippen LogP contribution is 2.32. The molecule has 0 saturated carbocycles. The average Bonchev–Trinajstić information content (AvgIpc) is 2.88. The highest BCUT2D eigenvalue weighted by atomic mass is 16.5. The van der Waals surface area contributed by atoms with Crippen LogP contribution in [-0.2, 0) is 0 Å². The second-order valence-corrected chi connectivity index (χ2v) is 7.65. The van der Waals surface area contributed by atoms with E-state index in [2.05, 4.69) is 66.7 Å². The fraction of sp³-hybridized carbons (Fsp3) is 0.0690. The standard InChI is InChI=1S/C29H23NO2/c1-31-26-13-9-21(10-14-26)25-18-28(22-11-15-27(32-2)16-12-22)30-29(19-25)24-8-7-20-5-3-4-6-23(20)17-24/h3-19H,1-2H3. The first kappa shape index (κ1) is 19.8. The van der Waals surface area contributed by atoms with Crippen LogP contribution in [0.25, 0.3) is 44.4 Å². The normalized spacial score (nSPS) is 10.8. The molecule has 0 radical (unpaired) electrons. The molecule has 0 aliphatic carbocycles. The number of nitrogens with zero attached hydrogens (tertiary/aromatic N) is 1. The van der Waals surface area contributed by atoms with Crippen molar-refractivity contribution >= 4 is 10.8 Å². The van der Waals surface area contributed by atoms with Gasteiger partial charge in [0.1, 0.15) is 11.5 Å². The summed E-state index contributed by atoms with van der Waals surface area (Å²) in [4.78, 5) is 5.03. The van der Waals surface area contributed by atoms with Crippen molar-refractivity contribution in [1.29, 1.82) is 0 Å². The van der Waals surface area contributed by atoms with E-state index in [4.69, 9.17) is 14.5 Å². The molecule has 156 valence electrons. The highest BCUT2D eigenvalue weighted by molar-refractivity contribution is 5.88. The van der Waals surface area contributed by atoms with Gasteiger partial charge in [-0.1, -0.05) is 48.5 Å². The molecule has 3 heteroatoms. The zero-order valence-corrected chi connectivity index (χ0v) is 18.1. The van der Waals surface area contributed by atoms with Gasteiger partial charge in [0.25, 0.3) is 0 Å². The Kier molecular flexibility index (Phi) is 5.30. The smallest absolute Gasteiger partial charge is 0.118 e. The first-order chi connectivity index (χ1) is 15.7. The second kappa shape index (κ2) is 8.56. The minimum atomic E-state index is 0.829. The number of hydrogen-bond donors (Lipinski definition) is 0. The lowest BCUT2D eigenvalue weighted by atomic mass is 9.98.